The van der Waals surface area contributed by atoms with E-state index in [0.29, 0.717) is 18.0 Å². The molecule has 1 aromatic carbocycles. The number of carbonyl (C=O) groups is 1. The summed E-state index contributed by atoms with van der Waals surface area (Å²) in [6, 6.07) is 9.06. The first-order valence-electron chi connectivity index (χ1n) is 6.77. The first-order chi connectivity index (χ1) is 10.6. The summed E-state index contributed by atoms with van der Waals surface area (Å²) in [7, 11) is 1.53. The van der Waals surface area contributed by atoms with E-state index in [1.165, 1.54) is 25.3 Å². The molecular weight excluding hydrogens is 287 g/mol. The lowest BCUT2D eigenvalue weighted by molar-refractivity contribution is -0.123. The highest BCUT2D eigenvalue weighted by atomic mass is 19.1. The fourth-order valence-corrected chi connectivity index (χ4v) is 1.92. The molecule has 1 amide bonds. The monoisotopic (exact) mass is 304 g/mol. The van der Waals surface area contributed by atoms with Gasteiger partial charge in [0.1, 0.15) is 5.82 Å². The Hall–Kier alpha value is -2.47. The minimum absolute atomic E-state index is 0.132. The maximum atomic E-state index is 13.1. The average Bonchev–Trinajstić information content (AvgIpc) is 2.53. The third-order valence-electron chi connectivity index (χ3n) is 3.11. The van der Waals surface area contributed by atoms with Crippen molar-refractivity contribution in [3.63, 3.8) is 0 Å². The molecule has 0 bridgehead atoms. The zero-order valence-corrected chi connectivity index (χ0v) is 12.1. The van der Waals surface area contributed by atoms with Crippen molar-refractivity contribution >= 4 is 5.91 Å². The topological polar surface area (TPSA) is 71.5 Å². The van der Waals surface area contributed by atoms with E-state index >= 15 is 0 Å². The maximum Gasteiger partial charge on any atom is 0.223 e. The van der Waals surface area contributed by atoms with Crippen LogP contribution in [-0.2, 0) is 11.3 Å². The molecule has 0 saturated carbocycles. The fourth-order valence-electron chi connectivity index (χ4n) is 1.92. The van der Waals surface area contributed by atoms with Gasteiger partial charge in [0.2, 0.25) is 11.8 Å². The molecule has 1 heterocycles. The van der Waals surface area contributed by atoms with Crippen LogP contribution in [-0.4, -0.2) is 23.1 Å². The molecule has 1 unspecified atom stereocenters. The number of hydrogen-bond donors (Lipinski definition) is 2. The Morgan fingerprint density at radius 2 is 2.23 bits per heavy atom. The van der Waals surface area contributed by atoms with Crippen LogP contribution in [0.25, 0.3) is 0 Å². The number of halogens is 1. The SMILES string of the molecule is COc1ccc(CNC(=O)CC(O)c2cccc(F)c2)cn1. The van der Waals surface area contributed by atoms with Gasteiger partial charge in [-0.05, 0) is 23.3 Å². The van der Waals surface area contributed by atoms with Crippen molar-refractivity contribution in [3.05, 3.63) is 59.5 Å². The van der Waals surface area contributed by atoms with Crippen LogP contribution in [0.4, 0.5) is 4.39 Å². The van der Waals surface area contributed by atoms with E-state index < -0.39 is 11.9 Å². The summed E-state index contributed by atoms with van der Waals surface area (Å²) in [6.45, 7) is 0.297. The van der Waals surface area contributed by atoms with Crippen LogP contribution < -0.4 is 10.1 Å². The van der Waals surface area contributed by atoms with Crippen molar-refractivity contribution in [1.29, 1.82) is 0 Å². The molecule has 5 nitrogen and oxygen atoms in total. The average molecular weight is 304 g/mol. The van der Waals surface area contributed by atoms with Crippen LogP contribution in [0.2, 0.25) is 0 Å². The number of nitrogens with zero attached hydrogens (tertiary/aromatic N) is 1. The number of benzene rings is 1. The minimum atomic E-state index is -1.04. The number of hydrogen-bond acceptors (Lipinski definition) is 4. The molecule has 2 rings (SSSR count). The van der Waals surface area contributed by atoms with Crippen molar-refractivity contribution in [1.82, 2.24) is 10.3 Å². The predicted octanol–water partition coefficient (Wildman–Crippen LogP) is 1.97. The highest BCUT2D eigenvalue weighted by molar-refractivity contribution is 5.76. The standard InChI is InChI=1S/C16H17FN2O3/c1-22-16-6-5-11(10-19-16)9-18-15(21)8-14(20)12-3-2-4-13(17)7-12/h2-7,10,14,20H,8-9H2,1H3,(H,18,21). The molecule has 22 heavy (non-hydrogen) atoms. The summed E-state index contributed by atoms with van der Waals surface area (Å²) in [5.74, 6) is -0.273. The highest BCUT2D eigenvalue weighted by Crippen LogP contribution is 2.17. The van der Waals surface area contributed by atoms with Gasteiger partial charge in [0, 0.05) is 18.8 Å². The predicted molar refractivity (Wildman–Crippen MR) is 78.6 cm³/mol. The molecule has 1 aromatic heterocycles. The second-order valence-corrected chi connectivity index (χ2v) is 4.76. The van der Waals surface area contributed by atoms with E-state index in [1.807, 2.05) is 0 Å². The van der Waals surface area contributed by atoms with Gasteiger partial charge in [-0.1, -0.05) is 18.2 Å². The van der Waals surface area contributed by atoms with Crippen molar-refractivity contribution in [2.24, 2.45) is 0 Å². The highest BCUT2D eigenvalue weighted by Gasteiger charge is 2.13. The smallest absolute Gasteiger partial charge is 0.223 e. The molecule has 0 aliphatic carbocycles. The number of methoxy groups -OCH3 is 1. The summed E-state index contributed by atoms with van der Waals surface area (Å²) in [4.78, 5) is 15.8. The third kappa shape index (κ3) is 4.53. The molecule has 6 heteroatoms. The normalized spacial score (nSPS) is 11.8. The summed E-state index contributed by atoms with van der Waals surface area (Å²) in [5.41, 5.74) is 1.19. The number of aromatic nitrogens is 1. The van der Waals surface area contributed by atoms with E-state index in [1.54, 1.807) is 24.4 Å². The summed E-state index contributed by atoms with van der Waals surface area (Å²) in [5, 5.41) is 12.6. The molecule has 2 aromatic rings. The van der Waals surface area contributed by atoms with Gasteiger partial charge in [-0.25, -0.2) is 9.37 Å². The van der Waals surface area contributed by atoms with Crippen molar-refractivity contribution < 1.29 is 19.0 Å². The summed E-state index contributed by atoms with van der Waals surface area (Å²) in [6.07, 6.45) is 0.430. The van der Waals surface area contributed by atoms with E-state index in [9.17, 15) is 14.3 Å². The largest absolute Gasteiger partial charge is 0.481 e. The molecule has 0 spiro atoms. The lowest BCUT2D eigenvalue weighted by Crippen LogP contribution is -2.24. The quantitative estimate of drug-likeness (QED) is 0.856. The zero-order valence-electron chi connectivity index (χ0n) is 12.1. The Bertz CT molecular complexity index is 632. The molecule has 0 radical (unpaired) electrons. The van der Waals surface area contributed by atoms with Crippen LogP contribution in [0.1, 0.15) is 23.7 Å². The molecule has 0 saturated heterocycles. The lowest BCUT2D eigenvalue weighted by Gasteiger charge is -2.11. The van der Waals surface area contributed by atoms with E-state index in [2.05, 4.69) is 10.3 Å². The molecule has 116 valence electrons. The lowest BCUT2D eigenvalue weighted by atomic mass is 10.1. The number of rotatable bonds is 6. The van der Waals surface area contributed by atoms with Gasteiger partial charge in [0.15, 0.2) is 0 Å². The summed E-state index contributed by atoms with van der Waals surface area (Å²) >= 11 is 0. The van der Waals surface area contributed by atoms with Gasteiger partial charge in [-0.2, -0.15) is 0 Å². The number of pyridine rings is 1. The van der Waals surface area contributed by atoms with Gasteiger partial charge < -0.3 is 15.2 Å². The first kappa shape index (κ1) is 15.9. The van der Waals surface area contributed by atoms with Crippen molar-refractivity contribution in [2.45, 2.75) is 19.1 Å². The third-order valence-corrected chi connectivity index (χ3v) is 3.11. The Morgan fingerprint density at radius 1 is 1.41 bits per heavy atom. The van der Waals surface area contributed by atoms with Crippen LogP contribution in [0.5, 0.6) is 5.88 Å². The number of aliphatic hydroxyl groups is 1. The van der Waals surface area contributed by atoms with Gasteiger partial charge in [-0.3, -0.25) is 4.79 Å². The van der Waals surface area contributed by atoms with Gasteiger partial charge in [0.25, 0.3) is 0 Å². The molecule has 2 N–H and O–H groups in total. The molecule has 0 aliphatic heterocycles. The van der Waals surface area contributed by atoms with Gasteiger partial charge in [0.05, 0.1) is 19.6 Å². The number of amides is 1. The minimum Gasteiger partial charge on any atom is -0.481 e. The van der Waals surface area contributed by atoms with E-state index in [-0.39, 0.29) is 12.3 Å². The number of carbonyl (C=O) groups excluding carboxylic acids is 1. The second-order valence-electron chi connectivity index (χ2n) is 4.76. The Balaban J connectivity index is 1.84. The maximum absolute atomic E-state index is 13.1. The van der Waals surface area contributed by atoms with Crippen LogP contribution in [0.3, 0.4) is 0 Å². The molecule has 1 atom stereocenters. The van der Waals surface area contributed by atoms with Gasteiger partial charge >= 0.3 is 0 Å². The number of nitrogens with one attached hydrogen (secondary N) is 1. The van der Waals surface area contributed by atoms with E-state index in [0.717, 1.165) is 5.56 Å². The van der Waals surface area contributed by atoms with Crippen molar-refractivity contribution in [2.75, 3.05) is 7.11 Å². The Kier molecular flexibility index (Phi) is 5.43. The fraction of sp³-hybridized carbons (Fsp3) is 0.250. The molecule has 0 aliphatic rings. The van der Waals surface area contributed by atoms with Gasteiger partial charge in [-0.15, -0.1) is 0 Å². The second kappa shape index (κ2) is 7.51. The molecular formula is C16H17FN2O3. The Labute approximate surface area is 127 Å². The number of ether oxygens (including phenoxy) is 1. The number of aliphatic hydroxyl groups excluding tert-OH is 1. The zero-order chi connectivity index (χ0) is 15.9. The first-order valence-corrected chi connectivity index (χ1v) is 6.77. The molecule has 0 fully saturated rings. The van der Waals surface area contributed by atoms with Crippen molar-refractivity contribution in [3.8, 4) is 5.88 Å². The van der Waals surface area contributed by atoms with Crippen LogP contribution in [0, 0.1) is 5.82 Å². The Morgan fingerprint density at radius 3 is 2.86 bits per heavy atom. The van der Waals surface area contributed by atoms with Crippen LogP contribution >= 0.6 is 0 Å². The van der Waals surface area contributed by atoms with Crippen LogP contribution in [0.15, 0.2) is 42.6 Å². The van der Waals surface area contributed by atoms with E-state index in [4.69, 9.17) is 4.74 Å². The summed E-state index contributed by atoms with van der Waals surface area (Å²) < 4.78 is 18.0.